The quantitative estimate of drug-likeness (QED) is 0.328. The van der Waals surface area contributed by atoms with Gasteiger partial charge < -0.3 is 14.4 Å². The second-order valence-corrected chi connectivity index (χ2v) is 7.95. The molecule has 0 aliphatic heterocycles. The molecule has 0 aromatic heterocycles. The Morgan fingerprint density at radius 3 is 2.45 bits per heavy atom. The first-order chi connectivity index (χ1) is 14.9. The van der Waals surface area contributed by atoms with Crippen molar-refractivity contribution >= 4 is 38.7 Å². The number of fused-ring (bicyclic) bond motifs is 1. The van der Waals surface area contributed by atoms with Crippen molar-refractivity contribution in [2.75, 3.05) is 20.7 Å². The number of ether oxygens (including phenoxy) is 2. The summed E-state index contributed by atoms with van der Waals surface area (Å²) in [5.74, 6) is 0.771. The molecule has 1 amide bonds. The largest absolute Gasteiger partial charge is 0.490 e. The van der Waals surface area contributed by atoms with Crippen LogP contribution < -0.4 is 9.47 Å². The summed E-state index contributed by atoms with van der Waals surface area (Å²) in [4.78, 5) is 13.6. The van der Waals surface area contributed by atoms with Crippen LogP contribution in [0.5, 0.6) is 11.5 Å². The Hall–Kier alpha value is -3.30. The second kappa shape index (κ2) is 10.1. The molecule has 0 bridgehead atoms. The summed E-state index contributed by atoms with van der Waals surface area (Å²) in [6.07, 6.45) is 1.54. The number of hydrogen-bond acceptors (Lipinski definition) is 4. The molecule has 3 rings (SSSR count). The van der Waals surface area contributed by atoms with Crippen LogP contribution in [-0.2, 0) is 11.4 Å². The fourth-order valence-corrected chi connectivity index (χ4v) is 3.51. The van der Waals surface area contributed by atoms with E-state index in [0.29, 0.717) is 34.7 Å². The van der Waals surface area contributed by atoms with Gasteiger partial charge in [-0.1, -0.05) is 52.3 Å². The highest BCUT2D eigenvalue weighted by atomic mass is 79.9. The molecule has 3 aromatic rings. The molecule has 3 aromatic carbocycles. The Kier molecular flexibility index (Phi) is 7.32. The lowest BCUT2D eigenvalue weighted by molar-refractivity contribution is -0.124. The van der Waals surface area contributed by atoms with Crippen LogP contribution in [0.3, 0.4) is 0 Å². The zero-order valence-electron chi connectivity index (χ0n) is 17.7. The Bertz CT molecular complexity index is 1180. The maximum Gasteiger partial charge on any atom is 0.264 e. The number of likely N-dealkylation sites (N-methyl/N-ethyl adjacent to an activating group) is 1. The average molecular weight is 479 g/mol. The Balaban J connectivity index is 1.89. The lowest BCUT2D eigenvalue weighted by Gasteiger charge is -2.15. The maximum atomic E-state index is 12.2. The molecule has 6 heteroatoms. The molecule has 31 heavy (non-hydrogen) atoms. The zero-order valence-corrected chi connectivity index (χ0v) is 19.3. The lowest BCUT2D eigenvalue weighted by atomic mass is 10.1. The highest BCUT2D eigenvalue weighted by Gasteiger charge is 2.15. The second-order valence-electron chi connectivity index (χ2n) is 7.09. The minimum atomic E-state index is -0.357. The highest BCUT2D eigenvalue weighted by molar-refractivity contribution is 9.10. The van der Waals surface area contributed by atoms with E-state index >= 15 is 0 Å². The third kappa shape index (κ3) is 5.44. The van der Waals surface area contributed by atoms with Crippen LogP contribution in [0.4, 0.5) is 0 Å². The summed E-state index contributed by atoms with van der Waals surface area (Å²) in [5, 5.41) is 11.7. The monoisotopic (exact) mass is 478 g/mol. The fourth-order valence-electron chi connectivity index (χ4n) is 3.07. The van der Waals surface area contributed by atoms with Gasteiger partial charge >= 0.3 is 0 Å². The van der Waals surface area contributed by atoms with Crippen LogP contribution in [0.1, 0.15) is 18.1 Å². The summed E-state index contributed by atoms with van der Waals surface area (Å²) < 4.78 is 12.5. The van der Waals surface area contributed by atoms with Crippen LogP contribution in [0.25, 0.3) is 16.8 Å². The molecular weight excluding hydrogens is 456 g/mol. The standard InChI is InChI=1S/C25H23BrN2O3/c1-4-30-23-13-20(12-21(15-27)25(29)28(2)3)22(26)14-24(23)31-16-17-9-10-18-7-5-6-8-19(18)11-17/h5-14H,4,16H2,1-3H3/b21-12-. The van der Waals surface area contributed by atoms with E-state index in [1.54, 1.807) is 32.3 Å². The van der Waals surface area contributed by atoms with Crippen LogP contribution >= 0.6 is 15.9 Å². The average Bonchev–Trinajstić information content (AvgIpc) is 2.77. The van der Waals surface area contributed by atoms with Crippen LogP contribution in [0.15, 0.2) is 64.6 Å². The van der Waals surface area contributed by atoms with Gasteiger partial charge in [-0.2, -0.15) is 5.26 Å². The molecule has 0 N–H and O–H groups in total. The predicted molar refractivity (Wildman–Crippen MR) is 126 cm³/mol. The van der Waals surface area contributed by atoms with Crippen molar-refractivity contribution in [3.8, 4) is 17.6 Å². The number of benzene rings is 3. The third-order valence-electron chi connectivity index (χ3n) is 4.63. The van der Waals surface area contributed by atoms with Gasteiger partial charge in [0.25, 0.3) is 5.91 Å². The number of nitrogens with zero attached hydrogens (tertiary/aromatic N) is 2. The van der Waals surface area contributed by atoms with Gasteiger partial charge in [0.1, 0.15) is 18.2 Å². The lowest BCUT2D eigenvalue weighted by Crippen LogP contribution is -2.22. The van der Waals surface area contributed by atoms with E-state index in [9.17, 15) is 10.1 Å². The van der Waals surface area contributed by atoms with E-state index in [1.165, 1.54) is 10.3 Å². The number of nitriles is 1. The number of hydrogen-bond donors (Lipinski definition) is 0. The van der Waals surface area contributed by atoms with E-state index in [-0.39, 0.29) is 11.5 Å². The molecule has 0 aliphatic carbocycles. The van der Waals surface area contributed by atoms with Gasteiger partial charge in [0.15, 0.2) is 11.5 Å². The van der Waals surface area contributed by atoms with E-state index in [4.69, 9.17) is 9.47 Å². The van der Waals surface area contributed by atoms with Crippen molar-refractivity contribution < 1.29 is 14.3 Å². The highest BCUT2D eigenvalue weighted by Crippen LogP contribution is 2.35. The zero-order chi connectivity index (χ0) is 22.4. The van der Waals surface area contributed by atoms with Crippen molar-refractivity contribution in [1.29, 1.82) is 5.26 Å². The summed E-state index contributed by atoms with van der Waals surface area (Å²) in [7, 11) is 3.22. The number of carbonyl (C=O) groups excluding carboxylic acids is 1. The number of rotatable bonds is 7. The molecule has 5 nitrogen and oxygen atoms in total. The first-order valence-corrected chi connectivity index (χ1v) is 10.6. The Labute approximate surface area is 190 Å². The van der Waals surface area contributed by atoms with Crippen molar-refractivity contribution in [2.24, 2.45) is 0 Å². The molecule has 0 aliphatic rings. The Morgan fingerprint density at radius 2 is 1.77 bits per heavy atom. The van der Waals surface area contributed by atoms with Crippen molar-refractivity contribution in [1.82, 2.24) is 4.90 Å². The Morgan fingerprint density at radius 1 is 1.06 bits per heavy atom. The maximum absolute atomic E-state index is 12.2. The SMILES string of the molecule is CCOc1cc(/C=C(/C#N)C(=O)N(C)C)c(Br)cc1OCc1ccc2ccccc2c1. The molecule has 0 heterocycles. The fraction of sp³-hybridized carbons (Fsp3) is 0.200. The molecule has 158 valence electrons. The molecule has 0 radical (unpaired) electrons. The summed E-state index contributed by atoms with van der Waals surface area (Å²) in [6, 6.07) is 19.9. The molecule has 0 atom stereocenters. The third-order valence-corrected chi connectivity index (χ3v) is 5.31. The summed E-state index contributed by atoms with van der Waals surface area (Å²) in [5.41, 5.74) is 1.75. The number of halogens is 1. The number of amides is 1. The summed E-state index contributed by atoms with van der Waals surface area (Å²) in [6.45, 7) is 2.73. The number of carbonyl (C=O) groups is 1. The molecule has 0 spiro atoms. The van der Waals surface area contributed by atoms with Crippen molar-refractivity contribution in [3.05, 3.63) is 75.8 Å². The molecule has 0 unspecified atom stereocenters. The van der Waals surface area contributed by atoms with Crippen molar-refractivity contribution in [2.45, 2.75) is 13.5 Å². The van der Waals surface area contributed by atoms with E-state index in [0.717, 1.165) is 10.9 Å². The first kappa shape index (κ1) is 22.4. The summed E-state index contributed by atoms with van der Waals surface area (Å²) >= 11 is 3.52. The molecule has 0 saturated heterocycles. The van der Waals surface area contributed by atoms with E-state index < -0.39 is 0 Å². The van der Waals surface area contributed by atoms with Crippen molar-refractivity contribution in [3.63, 3.8) is 0 Å². The van der Waals surface area contributed by atoms with E-state index in [2.05, 4.69) is 40.2 Å². The van der Waals surface area contributed by atoms with Gasteiger partial charge in [-0.25, -0.2) is 0 Å². The molecule has 0 saturated carbocycles. The van der Waals surface area contributed by atoms with E-state index in [1.807, 2.05) is 31.2 Å². The van der Waals surface area contributed by atoms with Gasteiger partial charge in [-0.15, -0.1) is 0 Å². The van der Waals surface area contributed by atoms with Gasteiger partial charge in [0.2, 0.25) is 0 Å². The van der Waals surface area contributed by atoms with Gasteiger partial charge in [0, 0.05) is 18.6 Å². The predicted octanol–water partition coefficient (Wildman–Crippen LogP) is 5.58. The normalized spacial score (nSPS) is 11.1. The van der Waals surface area contributed by atoms with Crippen LogP contribution in [0.2, 0.25) is 0 Å². The molecular formula is C25H23BrN2O3. The minimum absolute atomic E-state index is 0.0398. The van der Waals surface area contributed by atoms with Gasteiger partial charge in [-0.05, 0) is 53.1 Å². The smallest absolute Gasteiger partial charge is 0.264 e. The molecule has 0 fully saturated rings. The van der Waals surface area contributed by atoms with Gasteiger partial charge in [-0.3, -0.25) is 4.79 Å². The minimum Gasteiger partial charge on any atom is -0.490 e. The van der Waals surface area contributed by atoms with Crippen LogP contribution in [0, 0.1) is 11.3 Å². The first-order valence-electron chi connectivity index (χ1n) is 9.83. The van der Waals surface area contributed by atoms with Gasteiger partial charge in [0.05, 0.1) is 6.61 Å². The topological polar surface area (TPSA) is 62.6 Å². The van der Waals surface area contributed by atoms with Crippen LogP contribution in [-0.4, -0.2) is 31.5 Å².